The zero-order valence-electron chi connectivity index (χ0n) is 11.4. The van der Waals surface area contributed by atoms with Gasteiger partial charge in [0.25, 0.3) is 0 Å². The maximum atomic E-state index is 12.1. The first kappa shape index (κ1) is 15.6. The summed E-state index contributed by atoms with van der Waals surface area (Å²) >= 11 is 3.34. The molecule has 20 heavy (non-hydrogen) atoms. The standard InChI is InChI=1S/C13H19BrN2O3S/c1-19-13-5-4-11(7-12(13)14)16-20(17,18)9-10-3-2-6-15-8-10/h4-5,7,10,15-16H,2-3,6,8-9H2,1H3. The lowest BCUT2D eigenvalue weighted by Gasteiger charge is -2.22. The van der Waals surface area contributed by atoms with Gasteiger partial charge >= 0.3 is 0 Å². The first-order valence-electron chi connectivity index (χ1n) is 6.55. The summed E-state index contributed by atoms with van der Waals surface area (Å²) in [7, 11) is -1.75. The lowest BCUT2D eigenvalue weighted by atomic mass is 10.0. The molecule has 1 heterocycles. The van der Waals surface area contributed by atoms with E-state index < -0.39 is 10.0 Å². The van der Waals surface area contributed by atoms with Crippen LogP contribution in [0.15, 0.2) is 22.7 Å². The average molecular weight is 363 g/mol. The predicted molar refractivity (Wildman–Crippen MR) is 83.7 cm³/mol. The Labute approximate surface area is 128 Å². The molecule has 1 unspecified atom stereocenters. The average Bonchev–Trinajstić information content (AvgIpc) is 2.39. The van der Waals surface area contributed by atoms with Crippen molar-refractivity contribution in [3.8, 4) is 5.75 Å². The van der Waals surface area contributed by atoms with Gasteiger partial charge in [0.1, 0.15) is 5.75 Å². The normalized spacial score (nSPS) is 19.6. The van der Waals surface area contributed by atoms with Crippen LogP contribution < -0.4 is 14.8 Å². The van der Waals surface area contributed by atoms with E-state index >= 15 is 0 Å². The highest BCUT2D eigenvalue weighted by atomic mass is 79.9. The van der Waals surface area contributed by atoms with Crippen molar-refractivity contribution in [2.24, 2.45) is 5.92 Å². The number of nitrogens with one attached hydrogen (secondary N) is 2. The van der Waals surface area contributed by atoms with Gasteiger partial charge in [-0.25, -0.2) is 8.42 Å². The quantitative estimate of drug-likeness (QED) is 0.842. The summed E-state index contributed by atoms with van der Waals surface area (Å²) in [6, 6.07) is 5.12. The second kappa shape index (κ2) is 6.78. The fraction of sp³-hybridized carbons (Fsp3) is 0.538. The van der Waals surface area contributed by atoms with Crippen LogP contribution in [-0.2, 0) is 10.0 Å². The van der Waals surface area contributed by atoms with Gasteiger partial charge < -0.3 is 10.1 Å². The molecule has 0 saturated carbocycles. The van der Waals surface area contributed by atoms with E-state index in [9.17, 15) is 8.42 Å². The topological polar surface area (TPSA) is 67.4 Å². The Balaban J connectivity index is 2.02. The minimum absolute atomic E-state index is 0.156. The van der Waals surface area contributed by atoms with Crippen LogP contribution in [0, 0.1) is 5.92 Å². The Kier molecular flexibility index (Phi) is 5.29. The lowest BCUT2D eigenvalue weighted by molar-refractivity contribution is 0.404. The fourth-order valence-corrected chi connectivity index (χ4v) is 4.34. The summed E-state index contributed by atoms with van der Waals surface area (Å²) in [6.45, 7) is 1.75. The van der Waals surface area contributed by atoms with E-state index in [4.69, 9.17) is 4.74 Å². The molecule has 1 saturated heterocycles. The molecule has 2 N–H and O–H groups in total. The van der Waals surface area contributed by atoms with Gasteiger partial charge in [-0.05, 0) is 66.0 Å². The highest BCUT2D eigenvalue weighted by molar-refractivity contribution is 9.10. The van der Waals surface area contributed by atoms with Crippen LogP contribution in [0.2, 0.25) is 0 Å². The molecule has 5 nitrogen and oxygen atoms in total. The SMILES string of the molecule is COc1ccc(NS(=O)(=O)CC2CCCNC2)cc1Br. The van der Waals surface area contributed by atoms with Crippen LogP contribution in [0.25, 0.3) is 0 Å². The lowest BCUT2D eigenvalue weighted by Crippen LogP contribution is -2.35. The Hall–Kier alpha value is -0.790. The monoisotopic (exact) mass is 362 g/mol. The largest absolute Gasteiger partial charge is 0.496 e. The van der Waals surface area contributed by atoms with E-state index in [1.165, 1.54) is 0 Å². The van der Waals surface area contributed by atoms with Gasteiger partial charge in [0, 0.05) is 5.69 Å². The fourth-order valence-electron chi connectivity index (χ4n) is 2.33. The molecule has 7 heteroatoms. The van der Waals surface area contributed by atoms with Crippen molar-refractivity contribution < 1.29 is 13.2 Å². The third-order valence-corrected chi connectivity index (χ3v) is 5.36. The van der Waals surface area contributed by atoms with Crippen LogP contribution in [0.4, 0.5) is 5.69 Å². The minimum atomic E-state index is -3.32. The van der Waals surface area contributed by atoms with E-state index in [-0.39, 0.29) is 11.7 Å². The van der Waals surface area contributed by atoms with Crippen molar-refractivity contribution in [1.29, 1.82) is 0 Å². The predicted octanol–water partition coefficient (Wildman–Crippen LogP) is 2.20. The van der Waals surface area contributed by atoms with Crippen molar-refractivity contribution in [2.75, 3.05) is 30.7 Å². The number of benzene rings is 1. The summed E-state index contributed by atoms with van der Waals surface area (Å²) in [5, 5.41) is 3.23. The molecule has 1 atom stereocenters. The number of halogens is 1. The molecule has 0 radical (unpaired) electrons. The number of ether oxygens (including phenoxy) is 1. The van der Waals surface area contributed by atoms with Crippen LogP contribution in [-0.4, -0.2) is 34.4 Å². The van der Waals surface area contributed by atoms with E-state index in [0.29, 0.717) is 11.4 Å². The Morgan fingerprint density at radius 3 is 2.90 bits per heavy atom. The van der Waals surface area contributed by atoms with Crippen molar-refractivity contribution in [2.45, 2.75) is 12.8 Å². The molecule has 112 valence electrons. The number of anilines is 1. The Morgan fingerprint density at radius 1 is 1.50 bits per heavy atom. The highest BCUT2D eigenvalue weighted by Crippen LogP contribution is 2.28. The zero-order valence-corrected chi connectivity index (χ0v) is 13.8. The molecule has 1 aromatic rings. The second-order valence-electron chi connectivity index (χ2n) is 4.95. The molecule has 0 amide bonds. The summed E-state index contributed by atoms with van der Waals surface area (Å²) in [5.41, 5.74) is 0.543. The summed E-state index contributed by atoms with van der Waals surface area (Å²) in [4.78, 5) is 0. The second-order valence-corrected chi connectivity index (χ2v) is 7.57. The van der Waals surface area contributed by atoms with Gasteiger partial charge in [0.05, 0.1) is 17.3 Å². The van der Waals surface area contributed by atoms with Crippen LogP contribution >= 0.6 is 15.9 Å². The molecular weight excluding hydrogens is 344 g/mol. The molecular formula is C13H19BrN2O3S. The number of hydrogen-bond acceptors (Lipinski definition) is 4. The summed E-state index contributed by atoms with van der Waals surface area (Å²) in [5.74, 6) is 1.01. The van der Waals surface area contributed by atoms with E-state index in [0.717, 1.165) is 30.4 Å². The van der Waals surface area contributed by atoms with Gasteiger partial charge in [0.15, 0.2) is 0 Å². The zero-order chi connectivity index (χ0) is 14.6. The van der Waals surface area contributed by atoms with Gasteiger partial charge in [-0.3, -0.25) is 4.72 Å². The van der Waals surface area contributed by atoms with Crippen LogP contribution in [0.5, 0.6) is 5.75 Å². The number of piperidine rings is 1. The van der Waals surface area contributed by atoms with Crippen molar-refractivity contribution >= 4 is 31.6 Å². The first-order valence-corrected chi connectivity index (χ1v) is 8.99. The summed E-state index contributed by atoms with van der Waals surface area (Å²) in [6.07, 6.45) is 1.99. The van der Waals surface area contributed by atoms with Gasteiger partial charge in [0.2, 0.25) is 10.0 Å². The Bertz CT molecular complexity index is 557. The first-order chi connectivity index (χ1) is 9.50. The molecule has 0 spiro atoms. The number of methoxy groups -OCH3 is 1. The van der Waals surface area contributed by atoms with Crippen LogP contribution in [0.3, 0.4) is 0 Å². The summed E-state index contributed by atoms with van der Waals surface area (Å²) < 4.78 is 32.8. The molecule has 1 fully saturated rings. The maximum absolute atomic E-state index is 12.1. The van der Waals surface area contributed by atoms with Crippen LogP contribution in [0.1, 0.15) is 12.8 Å². The number of sulfonamides is 1. The maximum Gasteiger partial charge on any atom is 0.233 e. The van der Waals surface area contributed by atoms with Crippen molar-refractivity contribution in [3.05, 3.63) is 22.7 Å². The smallest absolute Gasteiger partial charge is 0.233 e. The van der Waals surface area contributed by atoms with Gasteiger partial charge in [-0.15, -0.1) is 0 Å². The Morgan fingerprint density at radius 2 is 2.30 bits per heavy atom. The molecule has 1 aliphatic heterocycles. The minimum Gasteiger partial charge on any atom is -0.496 e. The molecule has 0 aliphatic carbocycles. The third kappa shape index (κ3) is 4.36. The molecule has 1 aromatic carbocycles. The van der Waals surface area contributed by atoms with Crippen molar-refractivity contribution in [1.82, 2.24) is 5.32 Å². The van der Waals surface area contributed by atoms with Gasteiger partial charge in [-0.1, -0.05) is 0 Å². The molecule has 2 rings (SSSR count). The molecule has 0 bridgehead atoms. The highest BCUT2D eigenvalue weighted by Gasteiger charge is 2.21. The van der Waals surface area contributed by atoms with Crippen molar-refractivity contribution in [3.63, 3.8) is 0 Å². The third-order valence-electron chi connectivity index (χ3n) is 3.28. The number of rotatable bonds is 5. The molecule has 0 aromatic heterocycles. The van der Waals surface area contributed by atoms with E-state index in [1.807, 2.05) is 0 Å². The number of hydrogen-bond donors (Lipinski definition) is 2. The molecule has 1 aliphatic rings. The van der Waals surface area contributed by atoms with E-state index in [2.05, 4.69) is 26.0 Å². The van der Waals surface area contributed by atoms with Gasteiger partial charge in [-0.2, -0.15) is 0 Å². The van der Waals surface area contributed by atoms with E-state index in [1.54, 1.807) is 25.3 Å².